The van der Waals surface area contributed by atoms with Crippen molar-refractivity contribution in [1.82, 2.24) is 10.3 Å². The van der Waals surface area contributed by atoms with Crippen molar-refractivity contribution >= 4 is 16.5 Å². The monoisotopic (exact) mass is 271 g/mol. The quantitative estimate of drug-likeness (QED) is 0.664. The Kier molecular flexibility index (Phi) is 7.96. The van der Waals surface area contributed by atoms with E-state index in [-0.39, 0.29) is 0 Å². The first kappa shape index (κ1) is 15.4. The van der Waals surface area contributed by atoms with Gasteiger partial charge in [-0.25, -0.2) is 4.98 Å². The van der Waals surface area contributed by atoms with E-state index in [1.54, 1.807) is 18.4 Å². The third-order valence-corrected chi connectivity index (χ3v) is 3.86. The fraction of sp³-hybridized carbons (Fsp3) is 0.769. The summed E-state index contributed by atoms with van der Waals surface area (Å²) < 4.78 is 5.00. The molecule has 1 aromatic heterocycles. The standard InChI is InChI=1S/C13H25N3OS/c1-4-5-6-8-16(2)13-15-11-12(18-13)10-14-7-9-17-3/h11,14H,4-10H2,1-3H3. The Morgan fingerprint density at radius 2 is 2.28 bits per heavy atom. The molecule has 0 radical (unpaired) electrons. The van der Waals surface area contributed by atoms with Crippen molar-refractivity contribution < 1.29 is 4.74 Å². The summed E-state index contributed by atoms with van der Waals surface area (Å²) in [5, 5.41) is 4.45. The summed E-state index contributed by atoms with van der Waals surface area (Å²) in [7, 11) is 3.84. The summed E-state index contributed by atoms with van der Waals surface area (Å²) >= 11 is 1.77. The van der Waals surface area contributed by atoms with E-state index in [2.05, 4.69) is 29.2 Å². The molecule has 0 aliphatic heterocycles. The van der Waals surface area contributed by atoms with Gasteiger partial charge in [-0.3, -0.25) is 0 Å². The highest BCUT2D eigenvalue weighted by Gasteiger charge is 2.06. The number of ether oxygens (including phenoxy) is 1. The number of nitrogens with zero attached hydrogens (tertiary/aromatic N) is 2. The molecule has 0 fully saturated rings. The first-order chi connectivity index (χ1) is 8.77. The van der Waals surface area contributed by atoms with Crippen molar-refractivity contribution in [3.8, 4) is 0 Å². The minimum atomic E-state index is 0.753. The van der Waals surface area contributed by atoms with Crippen LogP contribution < -0.4 is 10.2 Å². The SMILES string of the molecule is CCCCCN(C)c1ncc(CNCCOC)s1. The lowest BCUT2D eigenvalue weighted by Crippen LogP contribution is -2.18. The molecule has 0 unspecified atom stereocenters. The molecule has 104 valence electrons. The van der Waals surface area contributed by atoms with Gasteiger partial charge in [-0.05, 0) is 6.42 Å². The minimum absolute atomic E-state index is 0.753. The van der Waals surface area contributed by atoms with Crippen molar-refractivity contribution in [2.75, 3.05) is 38.8 Å². The molecule has 0 aromatic carbocycles. The van der Waals surface area contributed by atoms with Gasteiger partial charge in [0.15, 0.2) is 5.13 Å². The molecule has 4 nitrogen and oxygen atoms in total. The molecule has 0 bridgehead atoms. The van der Waals surface area contributed by atoms with Crippen LogP contribution in [0.3, 0.4) is 0 Å². The molecular formula is C13H25N3OS. The van der Waals surface area contributed by atoms with Crippen LogP contribution in [0.15, 0.2) is 6.20 Å². The summed E-state index contributed by atoms with van der Waals surface area (Å²) in [4.78, 5) is 8.00. The molecule has 0 amide bonds. The lowest BCUT2D eigenvalue weighted by Gasteiger charge is -2.14. The second kappa shape index (κ2) is 9.30. The smallest absolute Gasteiger partial charge is 0.185 e. The number of nitrogens with one attached hydrogen (secondary N) is 1. The van der Waals surface area contributed by atoms with E-state index in [4.69, 9.17) is 4.74 Å². The zero-order valence-corrected chi connectivity index (χ0v) is 12.6. The molecule has 1 rings (SSSR count). The second-order valence-electron chi connectivity index (χ2n) is 4.41. The summed E-state index contributed by atoms with van der Waals surface area (Å²) in [6.07, 6.45) is 5.77. The Morgan fingerprint density at radius 1 is 1.44 bits per heavy atom. The Labute approximate surface area is 114 Å². The molecule has 1 heterocycles. The fourth-order valence-electron chi connectivity index (χ4n) is 1.64. The van der Waals surface area contributed by atoms with Crippen LogP contribution in [0.25, 0.3) is 0 Å². The molecule has 0 aliphatic rings. The van der Waals surface area contributed by atoms with Gasteiger partial charge in [-0.15, -0.1) is 11.3 Å². The molecule has 0 saturated heterocycles. The number of anilines is 1. The van der Waals surface area contributed by atoms with E-state index >= 15 is 0 Å². The van der Waals surface area contributed by atoms with Crippen LogP contribution in [-0.4, -0.2) is 38.8 Å². The number of unbranched alkanes of at least 4 members (excludes halogenated alkanes) is 2. The predicted molar refractivity (Wildman–Crippen MR) is 78.5 cm³/mol. The average Bonchev–Trinajstić information content (AvgIpc) is 2.84. The van der Waals surface area contributed by atoms with Gasteiger partial charge in [0.2, 0.25) is 0 Å². The van der Waals surface area contributed by atoms with Gasteiger partial charge < -0.3 is 15.0 Å². The largest absolute Gasteiger partial charge is 0.383 e. The number of methoxy groups -OCH3 is 1. The van der Waals surface area contributed by atoms with Crippen molar-refractivity contribution in [1.29, 1.82) is 0 Å². The van der Waals surface area contributed by atoms with Gasteiger partial charge in [0.1, 0.15) is 0 Å². The topological polar surface area (TPSA) is 37.4 Å². The normalized spacial score (nSPS) is 10.8. The van der Waals surface area contributed by atoms with Crippen molar-refractivity contribution in [2.45, 2.75) is 32.7 Å². The Hall–Kier alpha value is -0.650. The van der Waals surface area contributed by atoms with Crippen molar-refractivity contribution in [3.63, 3.8) is 0 Å². The highest BCUT2D eigenvalue weighted by Crippen LogP contribution is 2.21. The van der Waals surface area contributed by atoms with Crippen molar-refractivity contribution in [3.05, 3.63) is 11.1 Å². The van der Waals surface area contributed by atoms with Crippen LogP contribution in [0, 0.1) is 0 Å². The first-order valence-electron chi connectivity index (χ1n) is 6.63. The molecule has 18 heavy (non-hydrogen) atoms. The molecule has 0 spiro atoms. The number of hydrogen-bond acceptors (Lipinski definition) is 5. The van der Waals surface area contributed by atoms with E-state index in [0.29, 0.717) is 0 Å². The van der Waals surface area contributed by atoms with Crippen LogP contribution in [0.2, 0.25) is 0 Å². The van der Waals surface area contributed by atoms with Crippen molar-refractivity contribution in [2.24, 2.45) is 0 Å². The van der Waals surface area contributed by atoms with Crippen LogP contribution in [0.1, 0.15) is 31.1 Å². The Morgan fingerprint density at radius 3 is 3.00 bits per heavy atom. The maximum atomic E-state index is 5.00. The summed E-state index contributed by atoms with van der Waals surface area (Å²) in [5.41, 5.74) is 0. The van der Waals surface area contributed by atoms with Gasteiger partial charge in [0, 0.05) is 44.9 Å². The van der Waals surface area contributed by atoms with Gasteiger partial charge >= 0.3 is 0 Å². The molecule has 0 aliphatic carbocycles. The molecule has 0 saturated carbocycles. The van der Waals surface area contributed by atoms with Gasteiger partial charge in [0.25, 0.3) is 0 Å². The Bertz CT molecular complexity index is 317. The number of rotatable bonds is 10. The number of aromatic nitrogens is 1. The highest BCUT2D eigenvalue weighted by molar-refractivity contribution is 7.15. The zero-order valence-electron chi connectivity index (χ0n) is 11.7. The minimum Gasteiger partial charge on any atom is -0.383 e. The lowest BCUT2D eigenvalue weighted by atomic mass is 10.2. The van der Waals surface area contributed by atoms with E-state index in [1.165, 1.54) is 24.1 Å². The molecule has 1 N–H and O–H groups in total. The fourth-order valence-corrected chi connectivity index (χ4v) is 2.50. The third kappa shape index (κ3) is 5.80. The third-order valence-electron chi connectivity index (χ3n) is 2.75. The summed E-state index contributed by atoms with van der Waals surface area (Å²) in [6, 6.07) is 0. The van der Waals surface area contributed by atoms with E-state index in [9.17, 15) is 0 Å². The van der Waals surface area contributed by atoms with E-state index in [0.717, 1.165) is 31.4 Å². The molecular weight excluding hydrogens is 246 g/mol. The maximum absolute atomic E-state index is 5.00. The van der Waals surface area contributed by atoms with Crippen LogP contribution in [0.4, 0.5) is 5.13 Å². The first-order valence-corrected chi connectivity index (χ1v) is 7.45. The maximum Gasteiger partial charge on any atom is 0.185 e. The number of thiazole rings is 1. The van der Waals surface area contributed by atoms with Crippen LogP contribution in [-0.2, 0) is 11.3 Å². The van der Waals surface area contributed by atoms with Gasteiger partial charge in [-0.1, -0.05) is 19.8 Å². The lowest BCUT2D eigenvalue weighted by molar-refractivity contribution is 0.199. The second-order valence-corrected chi connectivity index (χ2v) is 5.50. The highest BCUT2D eigenvalue weighted by atomic mass is 32.1. The number of hydrogen-bond donors (Lipinski definition) is 1. The average molecular weight is 271 g/mol. The summed E-state index contributed by atoms with van der Waals surface area (Å²) in [5.74, 6) is 0. The predicted octanol–water partition coefficient (Wildman–Crippen LogP) is 2.51. The zero-order chi connectivity index (χ0) is 13.2. The summed E-state index contributed by atoms with van der Waals surface area (Å²) in [6.45, 7) is 5.84. The van der Waals surface area contributed by atoms with E-state index in [1.807, 2.05) is 6.20 Å². The van der Waals surface area contributed by atoms with Crippen LogP contribution >= 0.6 is 11.3 Å². The molecule has 5 heteroatoms. The van der Waals surface area contributed by atoms with E-state index < -0.39 is 0 Å². The molecule has 0 atom stereocenters. The molecule has 1 aromatic rings. The van der Waals surface area contributed by atoms with Gasteiger partial charge in [0.05, 0.1) is 6.61 Å². The Balaban J connectivity index is 2.28. The van der Waals surface area contributed by atoms with Crippen LogP contribution in [0.5, 0.6) is 0 Å². The van der Waals surface area contributed by atoms with Gasteiger partial charge in [-0.2, -0.15) is 0 Å².